The zero-order valence-corrected chi connectivity index (χ0v) is 19.6. The number of carbonyl (C=O) groups is 2. The largest absolute Gasteiger partial charge is 0.454 e. The van der Waals surface area contributed by atoms with Crippen LogP contribution in [0.15, 0.2) is 55.1 Å². The van der Waals surface area contributed by atoms with E-state index in [1.54, 1.807) is 36.0 Å². The van der Waals surface area contributed by atoms with Crippen LogP contribution in [0, 0.1) is 13.8 Å². The van der Waals surface area contributed by atoms with E-state index in [1.807, 2.05) is 44.2 Å². The number of aryl methyl sites for hydroxylation is 1. The molecule has 3 aromatic rings. The van der Waals surface area contributed by atoms with Crippen molar-refractivity contribution in [1.82, 2.24) is 15.1 Å². The van der Waals surface area contributed by atoms with Gasteiger partial charge in [0.15, 0.2) is 11.5 Å². The van der Waals surface area contributed by atoms with Crippen LogP contribution in [0.25, 0.3) is 6.08 Å². The molecule has 1 N–H and O–H groups in total. The lowest BCUT2D eigenvalue weighted by molar-refractivity contribution is -0.127. The Bertz CT molecular complexity index is 1220. The zero-order chi connectivity index (χ0) is 24.2. The van der Waals surface area contributed by atoms with Crippen molar-refractivity contribution in [2.24, 2.45) is 0 Å². The maximum Gasteiger partial charge on any atom is 0.249 e. The Kier molecular flexibility index (Phi) is 6.67. The fourth-order valence-corrected chi connectivity index (χ4v) is 4.04. The number of nitrogens with zero attached hydrogens (tertiary/aromatic N) is 3. The SMILES string of the molecule is C=Cc1c(C)nn(CC(=O)N[C@@H](Cc2ccccc2)C(=O)N(C)c2ccc3c(c2)OCO3)c1C. The second kappa shape index (κ2) is 9.82. The molecule has 34 heavy (non-hydrogen) atoms. The molecular weight excluding hydrogens is 432 g/mol. The second-order valence-electron chi connectivity index (χ2n) is 8.19. The Morgan fingerprint density at radius 2 is 1.91 bits per heavy atom. The van der Waals surface area contributed by atoms with Gasteiger partial charge in [-0.3, -0.25) is 14.3 Å². The molecule has 0 saturated carbocycles. The summed E-state index contributed by atoms with van der Waals surface area (Å²) in [5, 5.41) is 7.35. The molecule has 0 spiro atoms. The Morgan fingerprint density at radius 1 is 1.18 bits per heavy atom. The van der Waals surface area contributed by atoms with E-state index in [2.05, 4.69) is 17.0 Å². The third-order valence-corrected chi connectivity index (χ3v) is 5.92. The molecule has 0 fully saturated rings. The molecule has 4 rings (SSSR count). The molecule has 8 nitrogen and oxygen atoms in total. The third-order valence-electron chi connectivity index (χ3n) is 5.92. The van der Waals surface area contributed by atoms with Gasteiger partial charge in [0.2, 0.25) is 18.6 Å². The Labute approximate surface area is 198 Å². The minimum Gasteiger partial charge on any atom is -0.454 e. The fraction of sp³-hybridized carbons (Fsp3) is 0.269. The Morgan fingerprint density at radius 3 is 2.62 bits per heavy atom. The van der Waals surface area contributed by atoms with Gasteiger partial charge in [-0.05, 0) is 31.5 Å². The number of fused-ring (bicyclic) bond motifs is 1. The second-order valence-corrected chi connectivity index (χ2v) is 8.19. The van der Waals surface area contributed by atoms with Crippen molar-refractivity contribution in [3.8, 4) is 11.5 Å². The highest BCUT2D eigenvalue weighted by atomic mass is 16.7. The lowest BCUT2D eigenvalue weighted by Crippen LogP contribution is -2.49. The number of nitrogens with one attached hydrogen (secondary N) is 1. The first-order valence-corrected chi connectivity index (χ1v) is 11.0. The number of amides is 2. The van der Waals surface area contributed by atoms with Crippen molar-refractivity contribution >= 4 is 23.6 Å². The van der Waals surface area contributed by atoms with Crippen LogP contribution >= 0.6 is 0 Å². The third kappa shape index (κ3) is 4.80. The van der Waals surface area contributed by atoms with E-state index in [0.717, 1.165) is 22.5 Å². The average molecular weight is 461 g/mol. The molecule has 1 aliphatic heterocycles. The van der Waals surface area contributed by atoms with E-state index < -0.39 is 6.04 Å². The van der Waals surface area contributed by atoms with E-state index >= 15 is 0 Å². The van der Waals surface area contributed by atoms with Gasteiger partial charge >= 0.3 is 0 Å². The number of anilines is 1. The van der Waals surface area contributed by atoms with Crippen LogP contribution in [-0.4, -0.2) is 41.5 Å². The van der Waals surface area contributed by atoms with E-state index in [9.17, 15) is 9.59 Å². The van der Waals surface area contributed by atoms with Gasteiger partial charge in [-0.25, -0.2) is 0 Å². The van der Waals surface area contributed by atoms with Gasteiger partial charge in [-0.15, -0.1) is 0 Å². The summed E-state index contributed by atoms with van der Waals surface area (Å²) in [7, 11) is 1.68. The number of hydrogen-bond donors (Lipinski definition) is 1. The minimum absolute atomic E-state index is 0.00677. The first kappa shape index (κ1) is 23.1. The molecule has 1 aliphatic rings. The molecule has 1 atom stereocenters. The molecule has 0 unspecified atom stereocenters. The molecule has 2 amide bonds. The normalized spacial score (nSPS) is 12.8. The summed E-state index contributed by atoms with van der Waals surface area (Å²) in [6.07, 6.45) is 2.09. The average Bonchev–Trinajstić information content (AvgIpc) is 3.41. The van der Waals surface area contributed by atoms with Crippen molar-refractivity contribution in [2.75, 3.05) is 18.7 Å². The van der Waals surface area contributed by atoms with Crippen molar-refractivity contribution < 1.29 is 19.1 Å². The molecule has 8 heteroatoms. The van der Waals surface area contributed by atoms with E-state index in [4.69, 9.17) is 9.47 Å². The van der Waals surface area contributed by atoms with E-state index in [1.165, 1.54) is 4.90 Å². The monoisotopic (exact) mass is 460 g/mol. The Hall–Kier alpha value is -4.07. The van der Waals surface area contributed by atoms with Gasteiger partial charge in [0, 0.05) is 36.5 Å². The summed E-state index contributed by atoms with van der Waals surface area (Å²) in [6.45, 7) is 7.74. The summed E-state index contributed by atoms with van der Waals surface area (Å²) in [5.74, 6) is 0.691. The molecular formula is C26H28N4O4. The number of likely N-dealkylation sites (N-methyl/N-ethyl adjacent to an activating group) is 1. The summed E-state index contributed by atoms with van der Waals surface area (Å²) in [5.41, 5.74) is 4.16. The van der Waals surface area contributed by atoms with Crippen LogP contribution in [0.1, 0.15) is 22.5 Å². The molecule has 0 bridgehead atoms. The van der Waals surface area contributed by atoms with Crippen molar-refractivity contribution in [3.63, 3.8) is 0 Å². The summed E-state index contributed by atoms with van der Waals surface area (Å²) in [4.78, 5) is 28.0. The number of carbonyl (C=O) groups excluding carboxylic acids is 2. The highest BCUT2D eigenvalue weighted by molar-refractivity contribution is 5.99. The molecule has 2 aromatic carbocycles. The van der Waals surface area contributed by atoms with Gasteiger partial charge in [0.05, 0.1) is 5.69 Å². The molecule has 2 heterocycles. The van der Waals surface area contributed by atoms with Gasteiger partial charge in [0.25, 0.3) is 0 Å². The number of hydrogen-bond acceptors (Lipinski definition) is 5. The van der Waals surface area contributed by atoms with Crippen LogP contribution in [0.2, 0.25) is 0 Å². The number of rotatable bonds is 8. The zero-order valence-electron chi connectivity index (χ0n) is 19.6. The predicted octanol–water partition coefficient (Wildman–Crippen LogP) is 3.26. The smallest absolute Gasteiger partial charge is 0.249 e. The van der Waals surface area contributed by atoms with Gasteiger partial charge in [-0.2, -0.15) is 5.10 Å². The number of benzene rings is 2. The van der Waals surface area contributed by atoms with Crippen LogP contribution < -0.4 is 19.7 Å². The van der Waals surface area contributed by atoms with Crippen LogP contribution in [0.3, 0.4) is 0 Å². The van der Waals surface area contributed by atoms with Gasteiger partial charge in [0.1, 0.15) is 12.6 Å². The first-order valence-electron chi connectivity index (χ1n) is 11.0. The molecule has 0 aliphatic carbocycles. The lowest BCUT2D eigenvalue weighted by Gasteiger charge is -2.25. The molecule has 0 saturated heterocycles. The summed E-state index contributed by atoms with van der Waals surface area (Å²) >= 11 is 0. The summed E-state index contributed by atoms with van der Waals surface area (Å²) < 4.78 is 12.4. The van der Waals surface area contributed by atoms with Crippen LogP contribution in [0.4, 0.5) is 5.69 Å². The van der Waals surface area contributed by atoms with Crippen molar-refractivity contribution in [2.45, 2.75) is 32.9 Å². The first-order chi connectivity index (χ1) is 16.4. The molecule has 1 aromatic heterocycles. The van der Waals surface area contributed by atoms with Gasteiger partial charge < -0.3 is 19.7 Å². The predicted molar refractivity (Wildman–Crippen MR) is 130 cm³/mol. The van der Waals surface area contributed by atoms with E-state index in [-0.39, 0.29) is 25.2 Å². The van der Waals surface area contributed by atoms with Gasteiger partial charge in [-0.1, -0.05) is 43.0 Å². The Balaban J connectivity index is 1.54. The molecule has 0 radical (unpaired) electrons. The number of ether oxygens (including phenoxy) is 2. The highest BCUT2D eigenvalue weighted by Crippen LogP contribution is 2.35. The minimum atomic E-state index is -0.763. The standard InChI is InChI=1S/C26H28N4O4/c1-5-21-17(2)28-30(18(21)3)15-25(31)27-22(13-19-9-7-6-8-10-19)26(32)29(4)20-11-12-23-24(14-20)34-16-33-23/h5-12,14,22H,1,13,15-16H2,2-4H3,(H,27,31)/t22-/m0/s1. The maximum atomic E-state index is 13.5. The van der Waals surface area contributed by atoms with Crippen molar-refractivity contribution in [1.29, 1.82) is 0 Å². The van der Waals surface area contributed by atoms with Crippen LogP contribution in [-0.2, 0) is 22.6 Å². The highest BCUT2D eigenvalue weighted by Gasteiger charge is 2.27. The topological polar surface area (TPSA) is 85.7 Å². The lowest BCUT2D eigenvalue weighted by atomic mass is 10.0. The van der Waals surface area contributed by atoms with Crippen LogP contribution in [0.5, 0.6) is 11.5 Å². The number of aromatic nitrogens is 2. The fourth-order valence-electron chi connectivity index (χ4n) is 4.04. The maximum absolute atomic E-state index is 13.5. The quantitative estimate of drug-likeness (QED) is 0.558. The van der Waals surface area contributed by atoms with Crippen molar-refractivity contribution in [3.05, 3.63) is 77.6 Å². The van der Waals surface area contributed by atoms with E-state index in [0.29, 0.717) is 23.6 Å². The summed E-state index contributed by atoms with van der Waals surface area (Å²) in [6, 6.07) is 14.2. The molecule has 176 valence electrons.